The summed E-state index contributed by atoms with van der Waals surface area (Å²) in [4.78, 5) is 11.0. The second kappa shape index (κ2) is 8.61. The normalized spacial score (nSPS) is 13.5. The molecular weight excluding hydrogens is 290 g/mol. The van der Waals surface area contributed by atoms with Crippen LogP contribution in [0, 0.1) is 10.1 Å². The van der Waals surface area contributed by atoms with Gasteiger partial charge in [0, 0.05) is 35.4 Å². The molecule has 118 valence electrons. The predicted molar refractivity (Wildman–Crippen MR) is 88.5 cm³/mol. The molecule has 0 radical (unpaired) electrons. The van der Waals surface area contributed by atoms with Gasteiger partial charge in [0.1, 0.15) is 11.4 Å². The highest BCUT2D eigenvalue weighted by Gasteiger charge is 2.20. The van der Waals surface area contributed by atoms with E-state index in [9.17, 15) is 14.3 Å². The first-order valence-electron chi connectivity index (χ1n) is 7.03. The maximum absolute atomic E-state index is 11.3. The van der Waals surface area contributed by atoms with E-state index in [1.165, 1.54) is 0 Å². The Bertz CT molecular complexity index is 508. The summed E-state index contributed by atoms with van der Waals surface area (Å²) in [5, 5.41) is 17.6. The number of benzene rings is 1. The zero-order valence-corrected chi connectivity index (χ0v) is 13.5. The Morgan fingerprint density at radius 3 is 2.62 bits per heavy atom. The summed E-state index contributed by atoms with van der Waals surface area (Å²) in [5.74, 6) is 0.579. The summed E-state index contributed by atoms with van der Waals surface area (Å²) < 4.78 is 11.1. The molecule has 0 aliphatic carbocycles. The van der Waals surface area contributed by atoms with Crippen molar-refractivity contribution in [1.29, 1.82) is 0 Å². The zero-order chi connectivity index (χ0) is 15.8. The Morgan fingerprint density at radius 1 is 1.38 bits per heavy atom. The van der Waals surface area contributed by atoms with Gasteiger partial charge in [0.2, 0.25) is 0 Å². The standard InChI is InChI=1S/C14H23N3O3S/c1-4-9-15-12-6-5-7-13(14(12)17(18)19)16-11(2)8-10-21(3)20/h5-7,11,15-16H,4,8-10H2,1-3H3. The van der Waals surface area contributed by atoms with Crippen LogP contribution in [0.4, 0.5) is 17.1 Å². The lowest BCUT2D eigenvalue weighted by Gasteiger charge is -2.16. The van der Waals surface area contributed by atoms with Crippen molar-refractivity contribution < 1.29 is 9.13 Å². The van der Waals surface area contributed by atoms with Gasteiger partial charge in [0.05, 0.1) is 4.92 Å². The third kappa shape index (κ3) is 5.71. The molecule has 2 N–H and O–H groups in total. The van der Waals surface area contributed by atoms with Gasteiger partial charge in [0.15, 0.2) is 0 Å². The summed E-state index contributed by atoms with van der Waals surface area (Å²) in [6.07, 6.45) is 3.25. The number of nitro groups is 1. The highest BCUT2D eigenvalue weighted by atomic mass is 32.2. The number of nitro benzene ring substituents is 1. The fourth-order valence-electron chi connectivity index (χ4n) is 1.94. The smallest absolute Gasteiger partial charge is 0.315 e. The van der Waals surface area contributed by atoms with Crippen molar-refractivity contribution in [2.45, 2.75) is 32.7 Å². The SMILES string of the molecule is CCCNc1cccc(NC(C)CCS(C)=O)c1[N+](=O)[O-]. The number of rotatable bonds is 9. The Hall–Kier alpha value is -1.63. The van der Waals surface area contributed by atoms with Crippen LogP contribution in [0.3, 0.4) is 0 Å². The lowest BCUT2D eigenvalue weighted by Crippen LogP contribution is -2.19. The average molecular weight is 313 g/mol. The molecule has 0 saturated heterocycles. The third-order valence-corrected chi connectivity index (χ3v) is 3.83. The fraction of sp³-hybridized carbons (Fsp3) is 0.571. The number of nitrogens with one attached hydrogen (secondary N) is 2. The van der Waals surface area contributed by atoms with Crippen molar-refractivity contribution in [3.8, 4) is 0 Å². The molecule has 0 saturated carbocycles. The molecule has 1 aromatic carbocycles. The maximum Gasteiger partial charge on any atom is 0.315 e. The minimum atomic E-state index is -0.853. The van der Waals surface area contributed by atoms with E-state index in [1.807, 2.05) is 13.8 Å². The van der Waals surface area contributed by atoms with Gasteiger partial charge in [0.25, 0.3) is 0 Å². The van der Waals surface area contributed by atoms with E-state index in [1.54, 1.807) is 24.5 Å². The van der Waals surface area contributed by atoms with Crippen LogP contribution in [0.5, 0.6) is 0 Å². The molecule has 7 heteroatoms. The Kier molecular flexibility index (Phi) is 7.14. The van der Waals surface area contributed by atoms with E-state index in [0.29, 0.717) is 30.1 Å². The summed E-state index contributed by atoms with van der Waals surface area (Å²) in [5.41, 5.74) is 1.09. The Balaban J connectivity index is 2.90. The zero-order valence-electron chi connectivity index (χ0n) is 12.7. The van der Waals surface area contributed by atoms with Crippen molar-refractivity contribution in [1.82, 2.24) is 0 Å². The Labute approximate surface area is 127 Å². The van der Waals surface area contributed by atoms with Crippen molar-refractivity contribution in [2.75, 3.05) is 29.2 Å². The summed E-state index contributed by atoms with van der Waals surface area (Å²) >= 11 is 0. The molecule has 1 aromatic rings. The molecule has 0 bridgehead atoms. The minimum absolute atomic E-state index is 0.0222. The van der Waals surface area contributed by atoms with Crippen LogP contribution in [-0.4, -0.2) is 33.7 Å². The van der Waals surface area contributed by atoms with Gasteiger partial charge < -0.3 is 10.6 Å². The number of nitrogens with zero attached hydrogens (tertiary/aromatic N) is 1. The van der Waals surface area contributed by atoms with Crippen LogP contribution in [0.2, 0.25) is 0 Å². The van der Waals surface area contributed by atoms with E-state index >= 15 is 0 Å². The number of hydrogen-bond acceptors (Lipinski definition) is 5. The van der Waals surface area contributed by atoms with Crippen LogP contribution in [0.1, 0.15) is 26.7 Å². The largest absolute Gasteiger partial charge is 0.379 e. The second-order valence-corrected chi connectivity index (χ2v) is 6.55. The first-order chi connectivity index (χ1) is 9.95. The molecule has 0 aromatic heterocycles. The molecule has 2 atom stereocenters. The highest BCUT2D eigenvalue weighted by molar-refractivity contribution is 7.84. The van der Waals surface area contributed by atoms with Crippen LogP contribution < -0.4 is 10.6 Å². The fourth-order valence-corrected chi connectivity index (χ4v) is 2.62. The molecule has 0 spiro atoms. The molecule has 6 nitrogen and oxygen atoms in total. The summed E-state index contributed by atoms with van der Waals surface area (Å²) in [7, 11) is -0.853. The number of anilines is 2. The average Bonchev–Trinajstić information content (AvgIpc) is 2.42. The molecule has 0 heterocycles. The molecule has 0 amide bonds. The van der Waals surface area contributed by atoms with E-state index in [-0.39, 0.29) is 16.7 Å². The monoisotopic (exact) mass is 313 g/mol. The van der Waals surface area contributed by atoms with Gasteiger partial charge in [-0.25, -0.2) is 0 Å². The second-order valence-electron chi connectivity index (χ2n) is 5.00. The molecular formula is C14H23N3O3S. The first kappa shape index (κ1) is 17.4. The molecule has 0 fully saturated rings. The molecule has 0 aliphatic rings. The Morgan fingerprint density at radius 2 is 2.05 bits per heavy atom. The van der Waals surface area contributed by atoms with Gasteiger partial charge in [-0.1, -0.05) is 13.0 Å². The number of para-hydroxylation sites is 1. The van der Waals surface area contributed by atoms with Crippen molar-refractivity contribution in [3.63, 3.8) is 0 Å². The summed E-state index contributed by atoms with van der Waals surface area (Å²) in [6, 6.07) is 5.23. The van der Waals surface area contributed by atoms with Gasteiger partial charge in [-0.15, -0.1) is 0 Å². The molecule has 1 rings (SSSR count). The van der Waals surface area contributed by atoms with Crippen molar-refractivity contribution >= 4 is 27.9 Å². The maximum atomic E-state index is 11.3. The van der Waals surface area contributed by atoms with E-state index in [4.69, 9.17) is 0 Å². The molecule has 2 unspecified atom stereocenters. The van der Waals surface area contributed by atoms with Gasteiger partial charge in [-0.3, -0.25) is 14.3 Å². The van der Waals surface area contributed by atoms with E-state index < -0.39 is 10.8 Å². The van der Waals surface area contributed by atoms with Gasteiger partial charge >= 0.3 is 5.69 Å². The number of hydrogen-bond donors (Lipinski definition) is 2. The molecule has 0 aliphatic heterocycles. The molecule has 21 heavy (non-hydrogen) atoms. The van der Waals surface area contributed by atoms with Crippen molar-refractivity contribution in [3.05, 3.63) is 28.3 Å². The predicted octanol–water partition coefficient (Wildman–Crippen LogP) is 2.99. The quantitative estimate of drug-likeness (QED) is 0.541. The topological polar surface area (TPSA) is 84.3 Å². The lowest BCUT2D eigenvalue weighted by molar-refractivity contribution is -0.383. The van der Waals surface area contributed by atoms with Crippen LogP contribution in [0.15, 0.2) is 18.2 Å². The highest BCUT2D eigenvalue weighted by Crippen LogP contribution is 2.33. The van der Waals surface area contributed by atoms with E-state index in [2.05, 4.69) is 10.6 Å². The third-order valence-electron chi connectivity index (χ3n) is 3.02. The van der Waals surface area contributed by atoms with Crippen LogP contribution in [-0.2, 0) is 10.8 Å². The summed E-state index contributed by atoms with van der Waals surface area (Å²) in [6.45, 7) is 4.63. The van der Waals surface area contributed by atoms with E-state index in [0.717, 1.165) is 6.42 Å². The lowest BCUT2D eigenvalue weighted by atomic mass is 10.2. The van der Waals surface area contributed by atoms with Gasteiger partial charge in [-0.05, 0) is 31.9 Å². The van der Waals surface area contributed by atoms with Crippen molar-refractivity contribution in [2.24, 2.45) is 0 Å². The minimum Gasteiger partial charge on any atom is -0.379 e. The van der Waals surface area contributed by atoms with Crippen LogP contribution >= 0.6 is 0 Å². The van der Waals surface area contributed by atoms with Crippen LogP contribution in [0.25, 0.3) is 0 Å². The van der Waals surface area contributed by atoms with Gasteiger partial charge in [-0.2, -0.15) is 0 Å². The first-order valence-corrected chi connectivity index (χ1v) is 8.76.